The summed E-state index contributed by atoms with van der Waals surface area (Å²) in [6, 6.07) is -0.755. The van der Waals surface area contributed by atoms with E-state index in [4.69, 9.17) is 4.74 Å². The van der Waals surface area contributed by atoms with Gasteiger partial charge in [0.15, 0.2) is 0 Å². The molecular weight excluding hydrogens is 394 g/mol. The standard InChI is InChI=1S/C20H37N3O5S/c1-14(2)16-7-9-17(10-8-16)28-13-19-18(22-29(4,26)27)6-5-11-23(19)20(25)12-21-15(3)24/h14,16-19,22H,5-13H2,1-4H3,(H,21,24). The van der Waals surface area contributed by atoms with E-state index in [0.717, 1.165) is 37.9 Å². The lowest BCUT2D eigenvalue weighted by atomic mass is 9.80. The summed E-state index contributed by atoms with van der Waals surface area (Å²) in [6.07, 6.45) is 6.93. The number of ether oxygens (including phenoxy) is 1. The van der Waals surface area contributed by atoms with Gasteiger partial charge in [-0.1, -0.05) is 13.8 Å². The van der Waals surface area contributed by atoms with Gasteiger partial charge in [-0.3, -0.25) is 9.59 Å². The Bertz CT molecular complexity index is 659. The Morgan fingerprint density at radius 2 is 1.79 bits per heavy atom. The number of piperidine rings is 1. The quantitative estimate of drug-likeness (QED) is 0.602. The van der Waals surface area contributed by atoms with Crippen molar-refractivity contribution in [1.82, 2.24) is 14.9 Å². The van der Waals surface area contributed by atoms with Crippen LogP contribution < -0.4 is 10.0 Å². The molecule has 0 aromatic rings. The number of carbonyl (C=O) groups excluding carboxylic acids is 2. The molecule has 29 heavy (non-hydrogen) atoms. The van der Waals surface area contributed by atoms with Gasteiger partial charge in [-0.25, -0.2) is 13.1 Å². The molecule has 0 radical (unpaired) electrons. The highest BCUT2D eigenvalue weighted by Crippen LogP contribution is 2.31. The molecule has 2 N–H and O–H groups in total. The summed E-state index contributed by atoms with van der Waals surface area (Å²) >= 11 is 0. The number of nitrogens with zero attached hydrogens (tertiary/aromatic N) is 1. The van der Waals surface area contributed by atoms with Gasteiger partial charge in [-0.05, 0) is 50.4 Å². The van der Waals surface area contributed by atoms with Crippen LogP contribution in [0.3, 0.4) is 0 Å². The summed E-state index contributed by atoms with van der Waals surface area (Å²) in [7, 11) is -3.40. The highest BCUT2D eigenvalue weighted by atomic mass is 32.2. The fraction of sp³-hybridized carbons (Fsp3) is 0.900. The van der Waals surface area contributed by atoms with Crippen LogP contribution in [0.2, 0.25) is 0 Å². The summed E-state index contributed by atoms with van der Waals surface area (Å²) in [6.45, 7) is 6.63. The molecule has 8 nitrogen and oxygen atoms in total. The Balaban J connectivity index is 2.02. The second kappa shape index (κ2) is 10.7. The number of likely N-dealkylation sites (tertiary alicyclic amines) is 1. The summed E-state index contributed by atoms with van der Waals surface area (Å²) in [5.74, 6) is 0.938. The molecule has 1 saturated heterocycles. The molecule has 0 aromatic carbocycles. The molecule has 2 amide bonds. The van der Waals surface area contributed by atoms with E-state index in [1.54, 1.807) is 4.90 Å². The van der Waals surface area contributed by atoms with Crippen LogP contribution >= 0.6 is 0 Å². The van der Waals surface area contributed by atoms with Crippen molar-refractivity contribution in [2.24, 2.45) is 11.8 Å². The molecule has 1 heterocycles. The Labute approximate surface area is 175 Å². The normalized spacial score (nSPS) is 28.4. The van der Waals surface area contributed by atoms with Crippen LogP contribution in [0.4, 0.5) is 0 Å². The number of amides is 2. The number of sulfonamides is 1. The van der Waals surface area contributed by atoms with Crippen molar-refractivity contribution in [2.45, 2.75) is 77.5 Å². The van der Waals surface area contributed by atoms with E-state index in [2.05, 4.69) is 23.9 Å². The number of hydrogen-bond donors (Lipinski definition) is 2. The average molecular weight is 432 g/mol. The van der Waals surface area contributed by atoms with E-state index in [0.29, 0.717) is 31.9 Å². The van der Waals surface area contributed by atoms with Gasteiger partial charge in [0.2, 0.25) is 21.8 Å². The first-order chi connectivity index (χ1) is 13.6. The maximum absolute atomic E-state index is 12.7. The van der Waals surface area contributed by atoms with Crippen LogP contribution in [0.15, 0.2) is 0 Å². The predicted octanol–water partition coefficient (Wildman–Crippen LogP) is 1.26. The monoisotopic (exact) mass is 431 g/mol. The van der Waals surface area contributed by atoms with Crippen LogP contribution in [0.5, 0.6) is 0 Å². The molecule has 0 bridgehead atoms. The third kappa shape index (κ3) is 7.86. The van der Waals surface area contributed by atoms with Gasteiger partial charge in [-0.15, -0.1) is 0 Å². The maximum atomic E-state index is 12.7. The minimum atomic E-state index is -3.40. The zero-order valence-electron chi connectivity index (χ0n) is 18.1. The van der Waals surface area contributed by atoms with Crippen molar-refractivity contribution in [3.63, 3.8) is 0 Å². The molecule has 1 aliphatic heterocycles. The Kier molecular flexibility index (Phi) is 8.91. The van der Waals surface area contributed by atoms with Crippen LogP contribution in [-0.2, 0) is 24.3 Å². The van der Waals surface area contributed by atoms with Gasteiger partial charge >= 0.3 is 0 Å². The lowest BCUT2D eigenvalue weighted by Gasteiger charge is -2.42. The van der Waals surface area contributed by atoms with E-state index in [1.165, 1.54) is 6.92 Å². The molecule has 1 aliphatic carbocycles. The second-order valence-corrected chi connectivity index (χ2v) is 10.6. The molecule has 0 spiro atoms. The maximum Gasteiger partial charge on any atom is 0.242 e. The highest BCUT2D eigenvalue weighted by Gasteiger charge is 2.36. The second-order valence-electron chi connectivity index (χ2n) is 8.82. The van der Waals surface area contributed by atoms with Crippen molar-refractivity contribution in [3.8, 4) is 0 Å². The van der Waals surface area contributed by atoms with Crippen molar-refractivity contribution in [3.05, 3.63) is 0 Å². The SMILES string of the molecule is CC(=O)NCC(=O)N1CCCC(NS(C)(=O)=O)C1COC1CCC(C(C)C)CC1. The number of nitrogens with one attached hydrogen (secondary N) is 2. The number of rotatable bonds is 8. The van der Waals surface area contributed by atoms with Crippen molar-refractivity contribution < 1.29 is 22.7 Å². The predicted molar refractivity (Wildman–Crippen MR) is 112 cm³/mol. The summed E-state index contributed by atoms with van der Waals surface area (Å²) in [4.78, 5) is 25.5. The minimum Gasteiger partial charge on any atom is -0.376 e. The molecule has 1 saturated carbocycles. The zero-order chi connectivity index (χ0) is 21.6. The zero-order valence-corrected chi connectivity index (χ0v) is 19.0. The van der Waals surface area contributed by atoms with E-state index in [9.17, 15) is 18.0 Å². The Morgan fingerprint density at radius 1 is 1.14 bits per heavy atom. The summed E-state index contributed by atoms with van der Waals surface area (Å²) in [5, 5.41) is 2.54. The van der Waals surface area contributed by atoms with Crippen LogP contribution in [-0.4, -0.2) is 69.3 Å². The topological polar surface area (TPSA) is 105 Å². The van der Waals surface area contributed by atoms with Crippen LogP contribution in [0.1, 0.15) is 59.3 Å². The minimum absolute atomic E-state index is 0.0864. The van der Waals surface area contributed by atoms with Crippen molar-refractivity contribution >= 4 is 21.8 Å². The molecule has 2 aliphatic rings. The van der Waals surface area contributed by atoms with Gasteiger partial charge in [0, 0.05) is 19.5 Å². The van der Waals surface area contributed by atoms with E-state index < -0.39 is 10.0 Å². The first kappa shape index (κ1) is 24.1. The Hall–Kier alpha value is -1.19. The third-order valence-electron chi connectivity index (χ3n) is 6.12. The fourth-order valence-corrected chi connectivity index (χ4v) is 5.27. The van der Waals surface area contributed by atoms with Gasteiger partial charge in [0.05, 0.1) is 31.6 Å². The lowest BCUT2D eigenvalue weighted by molar-refractivity contribution is -0.139. The number of hydrogen-bond acceptors (Lipinski definition) is 5. The van der Waals surface area contributed by atoms with E-state index in [-0.39, 0.29) is 36.5 Å². The van der Waals surface area contributed by atoms with E-state index in [1.807, 2.05) is 0 Å². The van der Waals surface area contributed by atoms with Gasteiger partial charge in [0.1, 0.15) is 0 Å². The van der Waals surface area contributed by atoms with Crippen LogP contribution in [0, 0.1) is 11.8 Å². The molecule has 2 fully saturated rings. The lowest BCUT2D eigenvalue weighted by Crippen LogP contribution is -2.60. The average Bonchev–Trinajstić information content (AvgIpc) is 2.64. The third-order valence-corrected chi connectivity index (χ3v) is 6.85. The Morgan fingerprint density at radius 3 is 2.34 bits per heavy atom. The summed E-state index contributed by atoms with van der Waals surface area (Å²) < 4.78 is 32.5. The molecule has 168 valence electrons. The van der Waals surface area contributed by atoms with Crippen molar-refractivity contribution in [2.75, 3.05) is 26.0 Å². The molecular formula is C20H37N3O5S. The number of carbonyl (C=O) groups is 2. The molecule has 0 aromatic heterocycles. The largest absolute Gasteiger partial charge is 0.376 e. The van der Waals surface area contributed by atoms with E-state index >= 15 is 0 Å². The molecule has 2 rings (SSSR count). The van der Waals surface area contributed by atoms with Crippen LogP contribution in [0.25, 0.3) is 0 Å². The highest BCUT2D eigenvalue weighted by molar-refractivity contribution is 7.88. The van der Waals surface area contributed by atoms with Gasteiger partial charge < -0.3 is 15.0 Å². The summed E-state index contributed by atoms with van der Waals surface area (Å²) in [5.41, 5.74) is 0. The van der Waals surface area contributed by atoms with Gasteiger partial charge in [0.25, 0.3) is 0 Å². The van der Waals surface area contributed by atoms with Crippen molar-refractivity contribution in [1.29, 1.82) is 0 Å². The smallest absolute Gasteiger partial charge is 0.242 e. The molecule has 2 unspecified atom stereocenters. The first-order valence-corrected chi connectivity index (χ1v) is 12.6. The molecule has 2 atom stereocenters. The molecule has 9 heteroatoms. The fourth-order valence-electron chi connectivity index (χ4n) is 4.44. The van der Waals surface area contributed by atoms with Gasteiger partial charge in [-0.2, -0.15) is 0 Å². The first-order valence-electron chi connectivity index (χ1n) is 10.7.